The molecular formula is C7H16ClN3O. The highest BCUT2D eigenvalue weighted by Crippen LogP contribution is 2.09. The van der Waals surface area contributed by atoms with Crippen molar-refractivity contribution in [3.8, 4) is 0 Å². The fourth-order valence-electron chi connectivity index (χ4n) is 1.37. The summed E-state index contributed by atoms with van der Waals surface area (Å²) in [7, 11) is 0. The van der Waals surface area contributed by atoms with Crippen LogP contribution in [0.3, 0.4) is 0 Å². The Labute approximate surface area is 79.0 Å². The van der Waals surface area contributed by atoms with Gasteiger partial charge in [0.1, 0.15) is 0 Å². The fraction of sp³-hybridized carbons (Fsp3) is 0.857. The number of morpholine rings is 1. The van der Waals surface area contributed by atoms with Crippen LogP contribution in [0.4, 0.5) is 0 Å². The van der Waals surface area contributed by atoms with Crippen LogP contribution in [0.5, 0.6) is 0 Å². The van der Waals surface area contributed by atoms with Crippen LogP contribution in [0.25, 0.3) is 0 Å². The van der Waals surface area contributed by atoms with E-state index in [0.29, 0.717) is 0 Å². The number of ether oxygens (including phenoxy) is 1. The summed E-state index contributed by atoms with van der Waals surface area (Å²) >= 11 is 0. The molecule has 0 aromatic carbocycles. The first-order valence-electron chi connectivity index (χ1n) is 3.84. The van der Waals surface area contributed by atoms with E-state index >= 15 is 0 Å². The molecule has 1 rings (SSSR count). The highest BCUT2D eigenvalue weighted by atomic mass is 35.5. The summed E-state index contributed by atoms with van der Waals surface area (Å²) in [5.74, 6) is 0.145. The Balaban J connectivity index is 0.00000121. The van der Waals surface area contributed by atoms with Crippen LogP contribution in [-0.4, -0.2) is 36.2 Å². The second-order valence-electron chi connectivity index (χ2n) is 3.05. The van der Waals surface area contributed by atoms with E-state index in [4.69, 9.17) is 15.9 Å². The highest BCUT2D eigenvalue weighted by molar-refractivity contribution is 5.85. The minimum Gasteiger partial charge on any atom is -0.372 e. The molecule has 0 aliphatic carbocycles. The summed E-state index contributed by atoms with van der Waals surface area (Å²) < 4.78 is 5.47. The second kappa shape index (κ2) is 4.52. The van der Waals surface area contributed by atoms with Crippen molar-refractivity contribution < 1.29 is 4.74 Å². The van der Waals surface area contributed by atoms with E-state index in [2.05, 4.69) is 0 Å². The van der Waals surface area contributed by atoms with Crippen LogP contribution in [0.2, 0.25) is 0 Å². The predicted octanol–water partition coefficient (Wildman–Crippen LogP) is 0.411. The van der Waals surface area contributed by atoms with E-state index in [1.165, 1.54) is 0 Å². The van der Waals surface area contributed by atoms with Crippen molar-refractivity contribution in [2.24, 2.45) is 5.73 Å². The van der Waals surface area contributed by atoms with Crippen LogP contribution < -0.4 is 5.73 Å². The molecule has 0 aromatic rings. The number of nitrogens with one attached hydrogen (secondary N) is 1. The molecule has 2 atom stereocenters. The Morgan fingerprint density at radius 1 is 1.42 bits per heavy atom. The summed E-state index contributed by atoms with van der Waals surface area (Å²) in [5, 5.41) is 7.22. The number of guanidine groups is 1. The van der Waals surface area contributed by atoms with Crippen molar-refractivity contribution in [2.75, 3.05) is 13.1 Å². The van der Waals surface area contributed by atoms with Crippen LogP contribution >= 0.6 is 12.4 Å². The monoisotopic (exact) mass is 193 g/mol. The maximum Gasteiger partial charge on any atom is 0.188 e. The van der Waals surface area contributed by atoms with Gasteiger partial charge in [0.15, 0.2) is 5.96 Å². The summed E-state index contributed by atoms with van der Waals surface area (Å²) in [6.45, 7) is 5.45. The lowest BCUT2D eigenvalue weighted by Crippen LogP contribution is -2.50. The van der Waals surface area contributed by atoms with Crippen LogP contribution in [0.1, 0.15) is 13.8 Å². The van der Waals surface area contributed by atoms with Crippen molar-refractivity contribution in [1.29, 1.82) is 5.41 Å². The van der Waals surface area contributed by atoms with Gasteiger partial charge in [0.05, 0.1) is 12.2 Å². The molecule has 4 nitrogen and oxygen atoms in total. The van der Waals surface area contributed by atoms with Crippen molar-refractivity contribution in [3.63, 3.8) is 0 Å². The SMILES string of the molecule is C[C@@H]1CN(C(=N)N)C[C@H](C)O1.Cl. The number of halogens is 1. The zero-order valence-electron chi connectivity index (χ0n) is 7.41. The Morgan fingerprint density at radius 3 is 2.17 bits per heavy atom. The maximum atomic E-state index is 7.22. The van der Waals surface area contributed by atoms with Gasteiger partial charge in [-0.1, -0.05) is 0 Å². The van der Waals surface area contributed by atoms with Gasteiger partial charge in [0, 0.05) is 13.1 Å². The van der Waals surface area contributed by atoms with Crippen LogP contribution in [0, 0.1) is 5.41 Å². The van der Waals surface area contributed by atoms with Gasteiger partial charge in [0.2, 0.25) is 0 Å². The summed E-state index contributed by atoms with van der Waals surface area (Å²) in [4.78, 5) is 1.83. The molecule has 1 fully saturated rings. The number of nitrogens with zero attached hydrogens (tertiary/aromatic N) is 1. The number of hydrogen-bond donors (Lipinski definition) is 2. The van der Waals surface area contributed by atoms with Crippen molar-refractivity contribution in [2.45, 2.75) is 26.1 Å². The van der Waals surface area contributed by atoms with Crippen molar-refractivity contribution >= 4 is 18.4 Å². The standard InChI is InChI=1S/C7H15N3O.ClH/c1-5-3-10(7(8)9)4-6(2)11-5;/h5-6H,3-4H2,1-2H3,(H3,8,9);1H/t5-,6+;. The van der Waals surface area contributed by atoms with Gasteiger partial charge >= 0.3 is 0 Å². The van der Waals surface area contributed by atoms with Gasteiger partial charge < -0.3 is 15.4 Å². The molecule has 1 aliphatic heterocycles. The highest BCUT2D eigenvalue weighted by Gasteiger charge is 2.22. The predicted molar refractivity (Wildman–Crippen MR) is 50.7 cm³/mol. The Hall–Kier alpha value is -0.480. The average Bonchev–Trinajstić information content (AvgIpc) is 1.85. The van der Waals surface area contributed by atoms with Gasteiger partial charge in [-0.3, -0.25) is 5.41 Å². The average molecular weight is 194 g/mol. The molecule has 72 valence electrons. The maximum absolute atomic E-state index is 7.22. The quantitative estimate of drug-likeness (QED) is 0.433. The Morgan fingerprint density at radius 2 is 1.83 bits per heavy atom. The molecular weight excluding hydrogens is 178 g/mol. The first kappa shape index (κ1) is 11.5. The first-order valence-corrected chi connectivity index (χ1v) is 3.84. The van der Waals surface area contributed by atoms with Gasteiger partial charge in [-0.25, -0.2) is 0 Å². The summed E-state index contributed by atoms with van der Waals surface area (Å²) in [5.41, 5.74) is 5.35. The van der Waals surface area contributed by atoms with E-state index in [0.717, 1.165) is 13.1 Å². The second-order valence-corrected chi connectivity index (χ2v) is 3.05. The van der Waals surface area contributed by atoms with E-state index in [1.54, 1.807) is 0 Å². The topological polar surface area (TPSA) is 62.3 Å². The van der Waals surface area contributed by atoms with Gasteiger partial charge in [-0.05, 0) is 13.8 Å². The summed E-state index contributed by atoms with van der Waals surface area (Å²) in [6.07, 6.45) is 0.366. The van der Waals surface area contributed by atoms with E-state index in [1.807, 2.05) is 18.7 Å². The molecule has 0 amide bonds. The molecule has 0 spiro atoms. The molecule has 3 N–H and O–H groups in total. The molecule has 5 heteroatoms. The normalized spacial score (nSPS) is 29.3. The molecule has 12 heavy (non-hydrogen) atoms. The minimum absolute atomic E-state index is 0. The first-order chi connectivity index (χ1) is 5.09. The third kappa shape index (κ3) is 2.87. The lowest BCUT2D eigenvalue weighted by atomic mass is 10.2. The fourth-order valence-corrected chi connectivity index (χ4v) is 1.37. The van der Waals surface area contributed by atoms with Gasteiger partial charge in [0.25, 0.3) is 0 Å². The summed E-state index contributed by atoms with van der Waals surface area (Å²) in [6, 6.07) is 0. The van der Waals surface area contributed by atoms with Crippen molar-refractivity contribution in [1.82, 2.24) is 4.90 Å². The molecule has 0 bridgehead atoms. The van der Waals surface area contributed by atoms with E-state index in [-0.39, 0.29) is 30.6 Å². The molecule has 0 radical (unpaired) electrons. The van der Waals surface area contributed by atoms with Gasteiger partial charge in [-0.2, -0.15) is 0 Å². The van der Waals surface area contributed by atoms with Crippen LogP contribution in [-0.2, 0) is 4.74 Å². The lowest BCUT2D eigenvalue weighted by Gasteiger charge is -2.35. The zero-order valence-corrected chi connectivity index (χ0v) is 8.23. The molecule has 0 aromatic heterocycles. The third-order valence-electron chi connectivity index (χ3n) is 1.76. The third-order valence-corrected chi connectivity index (χ3v) is 1.76. The molecule has 0 saturated carbocycles. The number of nitrogens with two attached hydrogens (primary N) is 1. The number of rotatable bonds is 0. The minimum atomic E-state index is 0. The lowest BCUT2D eigenvalue weighted by molar-refractivity contribution is -0.0485. The Kier molecular flexibility index (Phi) is 4.34. The van der Waals surface area contributed by atoms with Gasteiger partial charge in [-0.15, -0.1) is 12.4 Å². The Bertz CT molecular complexity index is 155. The number of hydrogen-bond acceptors (Lipinski definition) is 2. The zero-order chi connectivity index (χ0) is 8.43. The van der Waals surface area contributed by atoms with Crippen LogP contribution in [0.15, 0.2) is 0 Å². The van der Waals surface area contributed by atoms with Crippen molar-refractivity contribution in [3.05, 3.63) is 0 Å². The largest absolute Gasteiger partial charge is 0.372 e. The molecule has 1 heterocycles. The molecule has 1 saturated heterocycles. The smallest absolute Gasteiger partial charge is 0.188 e. The van der Waals surface area contributed by atoms with E-state index in [9.17, 15) is 0 Å². The molecule has 1 aliphatic rings. The molecule has 0 unspecified atom stereocenters. The van der Waals surface area contributed by atoms with E-state index < -0.39 is 0 Å².